The average Bonchev–Trinajstić information content (AvgIpc) is 3.08. The van der Waals surface area contributed by atoms with Crippen LogP contribution in [0.15, 0.2) is 60.8 Å². The minimum absolute atomic E-state index is 0.355. The van der Waals surface area contributed by atoms with E-state index < -0.39 is 0 Å². The molecule has 7 heteroatoms. The summed E-state index contributed by atoms with van der Waals surface area (Å²) in [7, 11) is 0. The zero-order valence-electron chi connectivity index (χ0n) is 15.9. The molecule has 0 aliphatic carbocycles. The van der Waals surface area contributed by atoms with Crippen molar-refractivity contribution in [3.05, 3.63) is 77.7 Å². The Morgan fingerprint density at radius 3 is 2.72 bits per heavy atom. The zero-order valence-corrected chi connectivity index (χ0v) is 15.9. The number of hydrogen-bond donors (Lipinski definition) is 0. The van der Waals surface area contributed by atoms with E-state index in [1.54, 1.807) is 15.8 Å². The number of ether oxygens (including phenoxy) is 1. The first-order valence-electron chi connectivity index (χ1n) is 9.50. The fraction of sp³-hybridized carbons (Fsp3) is 0.182. The molecule has 0 bridgehead atoms. The summed E-state index contributed by atoms with van der Waals surface area (Å²) in [6.07, 6.45) is 2.04. The van der Waals surface area contributed by atoms with E-state index in [-0.39, 0.29) is 6.09 Å². The molecule has 0 saturated heterocycles. The van der Waals surface area contributed by atoms with Crippen LogP contribution >= 0.6 is 0 Å². The van der Waals surface area contributed by atoms with Crippen LogP contribution in [-0.4, -0.2) is 37.3 Å². The van der Waals surface area contributed by atoms with Gasteiger partial charge in [-0.25, -0.2) is 9.48 Å². The molecule has 3 aromatic heterocycles. The Morgan fingerprint density at radius 2 is 1.93 bits per heavy atom. The summed E-state index contributed by atoms with van der Waals surface area (Å²) in [5.74, 6) is 0.355. The van der Waals surface area contributed by atoms with Gasteiger partial charge in [-0.05, 0) is 37.3 Å². The number of amides is 1. The molecule has 1 aliphatic rings. The maximum Gasteiger partial charge on any atom is 0.416 e. The highest BCUT2D eigenvalue weighted by Gasteiger charge is 2.27. The second-order valence-electron chi connectivity index (χ2n) is 7.02. The molecule has 1 aromatic carbocycles. The van der Waals surface area contributed by atoms with Gasteiger partial charge in [0, 0.05) is 35.8 Å². The monoisotopic (exact) mass is 385 g/mol. The van der Waals surface area contributed by atoms with Crippen LogP contribution in [-0.2, 0) is 13.0 Å². The van der Waals surface area contributed by atoms with E-state index in [9.17, 15) is 4.79 Å². The minimum atomic E-state index is -0.386. The second kappa shape index (κ2) is 7.01. The molecular formula is C22H19N5O2. The van der Waals surface area contributed by atoms with Gasteiger partial charge in [0.2, 0.25) is 5.88 Å². The molecule has 29 heavy (non-hydrogen) atoms. The van der Waals surface area contributed by atoms with Crippen molar-refractivity contribution in [2.75, 3.05) is 6.54 Å². The molecule has 0 atom stereocenters. The van der Waals surface area contributed by atoms with Crippen LogP contribution in [0, 0.1) is 6.92 Å². The zero-order chi connectivity index (χ0) is 19.8. The highest BCUT2D eigenvalue weighted by atomic mass is 16.6. The molecule has 4 aromatic rings. The third-order valence-corrected chi connectivity index (χ3v) is 5.05. The molecule has 144 valence electrons. The van der Waals surface area contributed by atoms with Crippen molar-refractivity contribution in [1.29, 1.82) is 0 Å². The molecule has 1 amide bonds. The van der Waals surface area contributed by atoms with Gasteiger partial charge in [0.05, 0.1) is 17.9 Å². The summed E-state index contributed by atoms with van der Waals surface area (Å²) in [4.78, 5) is 23.1. The molecule has 0 radical (unpaired) electrons. The van der Waals surface area contributed by atoms with Gasteiger partial charge in [0.1, 0.15) is 0 Å². The van der Waals surface area contributed by atoms with Crippen LogP contribution in [0.25, 0.3) is 16.7 Å². The molecule has 7 nitrogen and oxygen atoms in total. The molecular weight excluding hydrogens is 366 g/mol. The Kier molecular flexibility index (Phi) is 4.20. The first-order valence-corrected chi connectivity index (χ1v) is 9.50. The largest absolute Gasteiger partial charge is 0.416 e. The molecule has 4 heterocycles. The lowest BCUT2D eigenvalue weighted by Gasteiger charge is -2.27. The Bertz CT molecular complexity index is 1190. The van der Waals surface area contributed by atoms with Crippen molar-refractivity contribution in [1.82, 2.24) is 24.6 Å². The Morgan fingerprint density at radius 1 is 1.10 bits per heavy atom. The molecule has 0 saturated carbocycles. The van der Waals surface area contributed by atoms with Gasteiger partial charge < -0.3 is 9.64 Å². The van der Waals surface area contributed by atoms with E-state index in [0.717, 1.165) is 28.0 Å². The third-order valence-electron chi connectivity index (χ3n) is 5.05. The lowest BCUT2D eigenvalue weighted by Crippen LogP contribution is -2.38. The smallest absolute Gasteiger partial charge is 0.391 e. The number of benzene rings is 1. The lowest BCUT2D eigenvalue weighted by molar-refractivity contribution is 0.136. The van der Waals surface area contributed by atoms with Crippen LogP contribution in [0.5, 0.6) is 5.88 Å². The van der Waals surface area contributed by atoms with Crippen molar-refractivity contribution in [3.8, 4) is 11.6 Å². The molecule has 0 N–H and O–H groups in total. The van der Waals surface area contributed by atoms with E-state index in [4.69, 9.17) is 4.74 Å². The van der Waals surface area contributed by atoms with Gasteiger partial charge in [-0.1, -0.05) is 24.3 Å². The maximum absolute atomic E-state index is 12.5. The van der Waals surface area contributed by atoms with E-state index in [1.165, 1.54) is 0 Å². The number of rotatable bonds is 4. The van der Waals surface area contributed by atoms with Crippen LogP contribution in [0.4, 0.5) is 4.79 Å². The van der Waals surface area contributed by atoms with Gasteiger partial charge >= 0.3 is 6.09 Å². The molecule has 5 rings (SSSR count). The van der Waals surface area contributed by atoms with Crippen molar-refractivity contribution >= 4 is 17.1 Å². The number of carbonyl (C=O) groups excluding carboxylic acids is 1. The first-order chi connectivity index (χ1) is 14.2. The number of carbonyl (C=O) groups is 1. The van der Waals surface area contributed by atoms with E-state index >= 15 is 0 Å². The van der Waals surface area contributed by atoms with Crippen LogP contribution in [0.1, 0.15) is 17.0 Å². The molecule has 1 aliphatic heterocycles. The van der Waals surface area contributed by atoms with Gasteiger partial charge in [0.25, 0.3) is 0 Å². The summed E-state index contributed by atoms with van der Waals surface area (Å²) in [5, 5.41) is 5.59. The third kappa shape index (κ3) is 3.20. The predicted molar refractivity (Wildman–Crippen MR) is 108 cm³/mol. The van der Waals surface area contributed by atoms with E-state index in [1.807, 2.05) is 61.5 Å². The summed E-state index contributed by atoms with van der Waals surface area (Å²) < 4.78 is 7.34. The highest BCUT2D eigenvalue weighted by Crippen LogP contribution is 2.30. The van der Waals surface area contributed by atoms with Gasteiger partial charge in [0.15, 0.2) is 5.65 Å². The van der Waals surface area contributed by atoms with E-state index in [0.29, 0.717) is 31.0 Å². The standard InChI is InChI=1S/C22H19N5O2/c1-15-19-13-16-14-26(12-10-17-7-5-6-11-23-17)22(28)29-21(16)24-20(19)27(25-15)18-8-3-2-4-9-18/h2-9,11,13H,10,12,14H2,1H3. The van der Waals surface area contributed by atoms with Gasteiger partial charge in [-0.15, -0.1) is 0 Å². The summed E-state index contributed by atoms with van der Waals surface area (Å²) in [6.45, 7) is 2.96. The Labute approximate surface area is 167 Å². The lowest BCUT2D eigenvalue weighted by atomic mass is 10.1. The number of hydrogen-bond acceptors (Lipinski definition) is 5. The normalized spacial score (nSPS) is 13.4. The number of aryl methyl sites for hydroxylation is 1. The molecule has 0 fully saturated rings. The fourth-order valence-corrected chi connectivity index (χ4v) is 3.54. The van der Waals surface area contributed by atoms with Crippen molar-refractivity contribution < 1.29 is 9.53 Å². The molecule has 0 unspecified atom stereocenters. The minimum Gasteiger partial charge on any atom is -0.391 e. The first kappa shape index (κ1) is 17.4. The SMILES string of the molecule is Cc1nn(-c2ccccc2)c2nc3c(cc12)CN(CCc1ccccn1)C(=O)O3. The van der Waals surface area contributed by atoms with Crippen molar-refractivity contribution in [2.45, 2.75) is 19.9 Å². The number of pyridine rings is 2. The predicted octanol–water partition coefficient (Wildman–Crippen LogP) is 3.68. The topological polar surface area (TPSA) is 73.1 Å². The number of aromatic nitrogens is 4. The van der Waals surface area contributed by atoms with Gasteiger partial charge in [-0.2, -0.15) is 10.1 Å². The molecule has 0 spiro atoms. The number of para-hydroxylation sites is 1. The van der Waals surface area contributed by atoms with Crippen molar-refractivity contribution in [3.63, 3.8) is 0 Å². The number of fused-ring (bicyclic) bond motifs is 2. The summed E-state index contributed by atoms with van der Waals surface area (Å²) in [5.41, 5.74) is 4.31. The van der Waals surface area contributed by atoms with Crippen LogP contribution in [0.3, 0.4) is 0 Å². The quantitative estimate of drug-likeness (QED) is 0.536. The Balaban J connectivity index is 1.46. The average molecular weight is 385 g/mol. The highest BCUT2D eigenvalue weighted by molar-refractivity contribution is 5.83. The number of nitrogens with zero attached hydrogens (tertiary/aromatic N) is 5. The fourth-order valence-electron chi connectivity index (χ4n) is 3.54. The second-order valence-corrected chi connectivity index (χ2v) is 7.02. The van der Waals surface area contributed by atoms with Gasteiger partial charge in [-0.3, -0.25) is 4.98 Å². The maximum atomic E-state index is 12.5. The van der Waals surface area contributed by atoms with Crippen LogP contribution < -0.4 is 4.74 Å². The summed E-state index contributed by atoms with van der Waals surface area (Å²) in [6, 6.07) is 17.6. The van der Waals surface area contributed by atoms with E-state index in [2.05, 4.69) is 15.1 Å². The van der Waals surface area contributed by atoms with Crippen molar-refractivity contribution in [2.24, 2.45) is 0 Å². The Hall–Kier alpha value is -3.74. The van der Waals surface area contributed by atoms with Crippen LogP contribution in [0.2, 0.25) is 0 Å². The summed E-state index contributed by atoms with van der Waals surface area (Å²) >= 11 is 0.